The monoisotopic (exact) mass is 409 g/mol. The van der Waals surface area contributed by atoms with Crippen molar-refractivity contribution in [1.82, 2.24) is 14.3 Å². The van der Waals surface area contributed by atoms with Crippen LogP contribution < -0.4 is 11.1 Å². The van der Waals surface area contributed by atoms with Crippen molar-refractivity contribution in [3.8, 4) is 0 Å². The highest BCUT2D eigenvalue weighted by Gasteiger charge is 2.66. The molecule has 0 amide bonds. The summed E-state index contributed by atoms with van der Waals surface area (Å²) < 4.78 is 27.6. The number of halogens is 1. The van der Waals surface area contributed by atoms with Gasteiger partial charge in [0.15, 0.2) is 11.0 Å². The number of nitrogens with one attached hydrogen (secondary N) is 1. The first-order valence-corrected chi connectivity index (χ1v) is 10.4. The molecule has 0 spiro atoms. The Kier molecular flexibility index (Phi) is 4.50. The van der Waals surface area contributed by atoms with Crippen LogP contribution in [0.2, 0.25) is 5.15 Å². The van der Waals surface area contributed by atoms with Crippen molar-refractivity contribution in [3.05, 3.63) is 41.3 Å². The quantitative estimate of drug-likeness (QED) is 0.502. The first-order valence-electron chi connectivity index (χ1n) is 8.58. The third-order valence-electron chi connectivity index (χ3n) is 5.29. The number of piperidine rings is 1. The molecule has 4 rings (SSSR count). The van der Waals surface area contributed by atoms with Crippen molar-refractivity contribution in [2.45, 2.75) is 36.4 Å². The maximum absolute atomic E-state index is 13.0. The zero-order valence-corrected chi connectivity index (χ0v) is 16.2. The topological polar surface area (TPSA) is 121 Å². The summed E-state index contributed by atoms with van der Waals surface area (Å²) in [6.45, 7) is 1.82. The highest BCUT2D eigenvalue weighted by atomic mass is 35.5. The van der Waals surface area contributed by atoms with Crippen LogP contribution in [-0.4, -0.2) is 52.5 Å². The maximum Gasteiger partial charge on any atom is 0.243 e. The second kappa shape index (κ2) is 6.59. The molecule has 144 valence electrons. The highest BCUT2D eigenvalue weighted by Crippen LogP contribution is 2.50. The van der Waals surface area contributed by atoms with Crippen molar-refractivity contribution in [3.63, 3.8) is 0 Å². The summed E-state index contributed by atoms with van der Waals surface area (Å²) in [6, 6.07) is 6.04. The van der Waals surface area contributed by atoms with Crippen molar-refractivity contribution >= 4 is 33.1 Å². The molecule has 27 heavy (non-hydrogen) atoms. The lowest BCUT2D eigenvalue weighted by Gasteiger charge is -2.22. The molecule has 2 aliphatic rings. The Morgan fingerprint density at radius 2 is 2.00 bits per heavy atom. The van der Waals surface area contributed by atoms with E-state index in [1.165, 1.54) is 10.6 Å². The number of aromatic nitrogens is 2. The Hall–Kier alpha value is -1.94. The summed E-state index contributed by atoms with van der Waals surface area (Å²) in [7, 11) is -3.64. The van der Waals surface area contributed by atoms with Gasteiger partial charge in [-0.15, -0.1) is 0 Å². The molecular weight excluding hydrogens is 390 g/mol. The molecule has 2 fully saturated rings. The third-order valence-corrected chi connectivity index (χ3v) is 7.50. The number of hydrogen-bond acceptors (Lipinski definition) is 7. The lowest BCUT2D eigenvalue weighted by molar-refractivity contribution is 0.214. The summed E-state index contributed by atoms with van der Waals surface area (Å²) in [5.74, 6) is 0.225. The van der Waals surface area contributed by atoms with Crippen LogP contribution >= 0.6 is 11.6 Å². The van der Waals surface area contributed by atoms with E-state index in [4.69, 9.17) is 17.3 Å². The molecule has 4 N–H and O–H groups in total. The number of fused-ring (bicyclic) bond motifs is 1. The Morgan fingerprint density at radius 1 is 1.30 bits per heavy atom. The molecule has 2 heterocycles. The van der Waals surface area contributed by atoms with Gasteiger partial charge in [0.1, 0.15) is 12.0 Å². The van der Waals surface area contributed by atoms with Gasteiger partial charge in [-0.25, -0.2) is 18.4 Å². The highest BCUT2D eigenvalue weighted by molar-refractivity contribution is 7.89. The molecule has 1 aromatic heterocycles. The van der Waals surface area contributed by atoms with Gasteiger partial charge in [0.2, 0.25) is 10.0 Å². The van der Waals surface area contributed by atoms with Crippen molar-refractivity contribution in [1.29, 1.82) is 0 Å². The number of rotatable bonds is 5. The number of hydrogen-bond donors (Lipinski definition) is 3. The van der Waals surface area contributed by atoms with E-state index in [1.807, 2.05) is 6.92 Å². The molecule has 1 unspecified atom stereocenters. The van der Waals surface area contributed by atoms with E-state index in [9.17, 15) is 13.5 Å². The average molecular weight is 410 g/mol. The van der Waals surface area contributed by atoms with E-state index in [-0.39, 0.29) is 46.4 Å². The number of aliphatic hydroxyl groups is 1. The largest absolute Gasteiger partial charge is 0.396 e. The van der Waals surface area contributed by atoms with Gasteiger partial charge in [-0.2, -0.15) is 4.31 Å². The summed E-state index contributed by atoms with van der Waals surface area (Å²) in [4.78, 5) is 8.17. The first kappa shape index (κ1) is 18.4. The first-order chi connectivity index (χ1) is 12.8. The molecule has 0 radical (unpaired) electrons. The SMILES string of the molecule is Cc1ccc(S(=O)(=O)N2[C@H]3[C@H](CO)C[C@H](Nc4ncnc(Cl)c4N)[C@H]32)cc1. The van der Waals surface area contributed by atoms with Crippen LogP contribution in [0.1, 0.15) is 12.0 Å². The molecule has 2 aromatic rings. The van der Waals surface area contributed by atoms with Gasteiger partial charge >= 0.3 is 0 Å². The van der Waals surface area contributed by atoms with E-state index in [0.29, 0.717) is 12.2 Å². The molecule has 1 saturated carbocycles. The van der Waals surface area contributed by atoms with Crippen molar-refractivity contribution < 1.29 is 13.5 Å². The molecule has 8 nitrogen and oxygen atoms in total. The second-order valence-corrected chi connectivity index (χ2v) is 9.19. The second-order valence-electron chi connectivity index (χ2n) is 6.99. The van der Waals surface area contributed by atoms with Crippen molar-refractivity contribution in [2.75, 3.05) is 17.7 Å². The Morgan fingerprint density at radius 3 is 2.67 bits per heavy atom. The molecular formula is C17H20ClN5O3S. The standard InChI is InChI=1S/C17H20ClN5O3S/c1-9-2-4-11(5-3-9)27(25,26)23-14-10(7-24)6-12(15(14)23)22-17-13(19)16(18)20-8-21-17/h2-5,8,10,12,14-15,24H,6-7,19H2,1H3,(H,20,21,22)/t10-,12-,14-,15+,23?/m0/s1. The van der Waals surface area contributed by atoms with Crippen LogP contribution in [0.4, 0.5) is 11.5 Å². The number of aliphatic hydroxyl groups excluding tert-OH is 1. The van der Waals surface area contributed by atoms with Gasteiger partial charge in [-0.05, 0) is 25.5 Å². The molecule has 1 saturated heterocycles. The fourth-order valence-electron chi connectivity index (χ4n) is 3.90. The Bertz CT molecular complexity index is 969. The number of anilines is 2. The smallest absolute Gasteiger partial charge is 0.243 e. The number of sulfonamides is 1. The number of nitrogens with zero attached hydrogens (tertiary/aromatic N) is 3. The van der Waals surface area contributed by atoms with E-state index in [1.54, 1.807) is 24.3 Å². The van der Waals surface area contributed by atoms with Gasteiger partial charge in [0.25, 0.3) is 0 Å². The molecule has 0 bridgehead atoms. The van der Waals surface area contributed by atoms with Gasteiger partial charge < -0.3 is 16.2 Å². The van der Waals surface area contributed by atoms with Crippen molar-refractivity contribution in [2.24, 2.45) is 5.92 Å². The van der Waals surface area contributed by atoms with E-state index >= 15 is 0 Å². The average Bonchev–Trinajstić information content (AvgIpc) is 3.30. The van der Waals surface area contributed by atoms with Crippen LogP contribution in [0.3, 0.4) is 0 Å². The lowest BCUT2D eigenvalue weighted by Crippen LogP contribution is -2.32. The molecule has 10 heteroatoms. The zero-order valence-electron chi connectivity index (χ0n) is 14.6. The minimum absolute atomic E-state index is 0.0841. The molecule has 1 aromatic carbocycles. The van der Waals surface area contributed by atoms with Crippen LogP contribution in [0, 0.1) is 12.8 Å². The maximum atomic E-state index is 13.0. The number of benzene rings is 1. The van der Waals surface area contributed by atoms with Gasteiger partial charge in [-0.3, -0.25) is 0 Å². The normalized spacial score (nSPS) is 29.4. The predicted molar refractivity (Wildman–Crippen MR) is 102 cm³/mol. The summed E-state index contributed by atoms with van der Waals surface area (Å²) in [5.41, 5.74) is 7.12. The van der Waals surface area contributed by atoms with Crippen LogP contribution in [0.5, 0.6) is 0 Å². The number of nitrogens with two attached hydrogens (primary N) is 1. The Balaban J connectivity index is 1.60. The fourth-order valence-corrected chi connectivity index (χ4v) is 5.91. The van der Waals surface area contributed by atoms with E-state index < -0.39 is 10.0 Å². The third kappa shape index (κ3) is 3.04. The lowest BCUT2D eigenvalue weighted by atomic mass is 10.1. The molecule has 1 aliphatic heterocycles. The zero-order chi connectivity index (χ0) is 19.3. The number of aryl methyl sites for hydroxylation is 1. The molecule has 1 aliphatic carbocycles. The predicted octanol–water partition coefficient (Wildman–Crippen LogP) is 1.26. The Labute approximate surface area is 162 Å². The summed E-state index contributed by atoms with van der Waals surface area (Å²) in [5, 5.41) is 13.0. The minimum atomic E-state index is -3.64. The van der Waals surface area contributed by atoms with Crippen LogP contribution in [0.15, 0.2) is 35.5 Å². The van der Waals surface area contributed by atoms with E-state index in [0.717, 1.165) is 5.56 Å². The van der Waals surface area contributed by atoms with Crippen LogP contribution in [0.25, 0.3) is 0 Å². The van der Waals surface area contributed by atoms with Crippen LogP contribution in [-0.2, 0) is 10.0 Å². The molecule has 5 atom stereocenters. The minimum Gasteiger partial charge on any atom is -0.396 e. The summed E-state index contributed by atoms with van der Waals surface area (Å²) in [6.07, 6.45) is 1.91. The van der Waals surface area contributed by atoms with Gasteiger partial charge in [0.05, 0.1) is 10.9 Å². The fraction of sp³-hybridized carbons (Fsp3) is 0.412. The summed E-state index contributed by atoms with van der Waals surface area (Å²) >= 11 is 5.93. The van der Waals surface area contributed by atoms with E-state index in [2.05, 4.69) is 15.3 Å². The van der Waals surface area contributed by atoms with Gasteiger partial charge in [-0.1, -0.05) is 29.3 Å². The number of nitrogen functional groups attached to an aromatic ring is 1. The van der Waals surface area contributed by atoms with Gasteiger partial charge in [0, 0.05) is 24.6 Å².